The fraction of sp³-hybridized carbons (Fsp3) is 0.600. The minimum atomic E-state index is -0.502. The Bertz CT molecular complexity index is 696. The molecule has 0 spiro atoms. The van der Waals surface area contributed by atoms with Gasteiger partial charge in [-0.05, 0) is 51.3 Å². The molecule has 1 aromatic rings. The zero-order valence-electron chi connectivity index (χ0n) is 17.4. The largest absolute Gasteiger partial charge is 0.493 e. The average Bonchev–Trinajstić information content (AvgIpc) is 3.46. The van der Waals surface area contributed by atoms with Gasteiger partial charge in [-0.2, -0.15) is 0 Å². The third kappa shape index (κ3) is 6.83. The van der Waals surface area contributed by atoms with Crippen LogP contribution in [-0.2, 0) is 11.3 Å². The number of hydrogen-bond acceptors (Lipinski definition) is 5. The van der Waals surface area contributed by atoms with Crippen LogP contribution in [0, 0.1) is 0 Å². The molecule has 1 amide bonds. The Labute approximate surface area is 167 Å². The molecule has 28 heavy (non-hydrogen) atoms. The standard InChI is InChI=1S/C20H32N4O4/c1-20(2,3)28-19(25)24(15-7-8-15)11-10-22-18(21)23-13-14-6-9-16(26-4)17(12-14)27-5/h6,9,12,15H,7-8,10-11,13H2,1-5H3,(H3,21,22,23). The molecule has 0 saturated heterocycles. The molecule has 0 aromatic heterocycles. The van der Waals surface area contributed by atoms with Gasteiger partial charge in [-0.1, -0.05) is 6.07 Å². The van der Waals surface area contributed by atoms with E-state index in [1.165, 1.54) is 0 Å². The van der Waals surface area contributed by atoms with Gasteiger partial charge in [0.1, 0.15) is 5.60 Å². The van der Waals surface area contributed by atoms with Gasteiger partial charge in [-0.15, -0.1) is 0 Å². The van der Waals surface area contributed by atoms with Crippen molar-refractivity contribution in [2.75, 3.05) is 27.3 Å². The highest BCUT2D eigenvalue weighted by Crippen LogP contribution is 2.28. The Morgan fingerprint density at radius 2 is 1.93 bits per heavy atom. The van der Waals surface area contributed by atoms with Crippen LogP contribution in [0.25, 0.3) is 0 Å². The SMILES string of the molecule is COc1ccc(CN=C(N)NCCN(C(=O)OC(C)(C)C)C2CC2)cc1OC. The van der Waals surface area contributed by atoms with Gasteiger partial charge in [-0.25, -0.2) is 9.79 Å². The minimum Gasteiger partial charge on any atom is -0.493 e. The number of nitrogens with two attached hydrogens (primary N) is 1. The quantitative estimate of drug-likeness (QED) is 0.521. The normalized spacial score (nSPS) is 14.4. The number of carbonyl (C=O) groups excluding carboxylic acids is 1. The van der Waals surface area contributed by atoms with Gasteiger partial charge < -0.3 is 30.2 Å². The maximum absolute atomic E-state index is 12.3. The summed E-state index contributed by atoms with van der Waals surface area (Å²) in [6.45, 7) is 7.05. The number of benzene rings is 1. The summed E-state index contributed by atoms with van der Waals surface area (Å²) in [6, 6.07) is 5.88. The lowest BCUT2D eigenvalue weighted by atomic mass is 10.2. The number of ether oxygens (including phenoxy) is 3. The molecule has 1 aliphatic carbocycles. The van der Waals surface area contributed by atoms with Crippen LogP contribution < -0.4 is 20.5 Å². The number of nitrogens with zero attached hydrogens (tertiary/aromatic N) is 2. The number of hydrogen-bond donors (Lipinski definition) is 2. The molecule has 2 rings (SSSR count). The van der Waals surface area contributed by atoms with Crippen molar-refractivity contribution >= 4 is 12.1 Å². The van der Waals surface area contributed by atoms with Gasteiger partial charge in [0.2, 0.25) is 0 Å². The molecular formula is C20H32N4O4. The first kappa shape index (κ1) is 21.7. The Morgan fingerprint density at radius 3 is 2.50 bits per heavy atom. The van der Waals surface area contributed by atoms with Crippen LogP contribution in [0.5, 0.6) is 11.5 Å². The number of carbonyl (C=O) groups is 1. The highest BCUT2D eigenvalue weighted by Gasteiger charge is 2.34. The lowest BCUT2D eigenvalue weighted by Crippen LogP contribution is -2.44. The van der Waals surface area contributed by atoms with E-state index < -0.39 is 5.60 Å². The maximum Gasteiger partial charge on any atom is 0.410 e. The molecule has 1 aliphatic rings. The molecule has 0 unspecified atom stereocenters. The number of guanidine groups is 1. The average molecular weight is 393 g/mol. The van der Waals surface area contributed by atoms with Crippen LogP contribution >= 0.6 is 0 Å². The van der Waals surface area contributed by atoms with E-state index >= 15 is 0 Å². The molecule has 0 aliphatic heterocycles. The van der Waals surface area contributed by atoms with Crippen molar-refractivity contribution in [1.82, 2.24) is 10.2 Å². The molecule has 1 aromatic carbocycles. The van der Waals surface area contributed by atoms with Crippen molar-refractivity contribution in [2.45, 2.75) is 51.8 Å². The van der Waals surface area contributed by atoms with Gasteiger partial charge in [-0.3, -0.25) is 0 Å². The number of nitrogens with one attached hydrogen (secondary N) is 1. The summed E-state index contributed by atoms with van der Waals surface area (Å²) < 4.78 is 16.0. The number of amides is 1. The van der Waals surface area contributed by atoms with Gasteiger partial charge in [0.05, 0.1) is 20.8 Å². The second-order valence-corrected chi connectivity index (χ2v) is 7.72. The molecular weight excluding hydrogens is 360 g/mol. The fourth-order valence-corrected chi connectivity index (χ4v) is 2.65. The first-order valence-corrected chi connectivity index (χ1v) is 9.48. The molecule has 1 fully saturated rings. The molecule has 3 N–H and O–H groups in total. The van der Waals surface area contributed by atoms with E-state index in [9.17, 15) is 4.79 Å². The van der Waals surface area contributed by atoms with E-state index in [2.05, 4.69) is 10.3 Å². The van der Waals surface area contributed by atoms with E-state index in [0.29, 0.717) is 37.1 Å². The van der Waals surface area contributed by atoms with Crippen molar-refractivity contribution in [1.29, 1.82) is 0 Å². The van der Waals surface area contributed by atoms with E-state index in [0.717, 1.165) is 18.4 Å². The molecule has 156 valence electrons. The summed E-state index contributed by atoms with van der Waals surface area (Å²) in [5, 5.41) is 3.06. The lowest BCUT2D eigenvalue weighted by Gasteiger charge is -2.27. The van der Waals surface area contributed by atoms with E-state index in [4.69, 9.17) is 19.9 Å². The highest BCUT2D eigenvalue weighted by molar-refractivity contribution is 5.78. The van der Waals surface area contributed by atoms with Crippen LogP contribution in [0.3, 0.4) is 0 Å². The highest BCUT2D eigenvalue weighted by atomic mass is 16.6. The summed E-state index contributed by atoms with van der Waals surface area (Å²) in [7, 11) is 3.19. The van der Waals surface area contributed by atoms with Crippen molar-refractivity contribution in [3.05, 3.63) is 23.8 Å². The van der Waals surface area contributed by atoms with Gasteiger partial charge >= 0.3 is 6.09 Å². The van der Waals surface area contributed by atoms with Gasteiger partial charge in [0.25, 0.3) is 0 Å². The summed E-state index contributed by atoms with van der Waals surface area (Å²) in [5.41, 5.74) is 6.40. The van der Waals surface area contributed by atoms with Gasteiger partial charge in [0.15, 0.2) is 17.5 Å². The molecule has 8 nitrogen and oxygen atoms in total. The summed E-state index contributed by atoms with van der Waals surface area (Å²) in [5.74, 6) is 1.65. The van der Waals surface area contributed by atoms with E-state index in [-0.39, 0.29) is 12.1 Å². The molecule has 1 saturated carbocycles. The zero-order valence-corrected chi connectivity index (χ0v) is 17.4. The number of aliphatic imine (C=N–C) groups is 1. The van der Waals surface area contributed by atoms with Crippen molar-refractivity contribution in [3.63, 3.8) is 0 Å². The first-order valence-electron chi connectivity index (χ1n) is 9.48. The van der Waals surface area contributed by atoms with Crippen molar-refractivity contribution in [2.24, 2.45) is 10.7 Å². The third-order valence-electron chi connectivity index (χ3n) is 4.15. The monoisotopic (exact) mass is 392 g/mol. The smallest absolute Gasteiger partial charge is 0.410 e. The third-order valence-corrected chi connectivity index (χ3v) is 4.15. The number of methoxy groups -OCH3 is 2. The van der Waals surface area contributed by atoms with Crippen LogP contribution in [0.15, 0.2) is 23.2 Å². The predicted octanol–water partition coefficient (Wildman–Crippen LogP) is 2.51. The molecule has 0 atom stereocenters. The second kappa shape index (κ2) is 9.52. The van der Waals surface area contributed by atoms with Crippen molar-refractivity contribution < 1.29 is 19.0 Å². The predicted molar refractivity (Wildman–Crippen MR) is 109 cm³/mol. The van der Waals surface area contributed by atoms with Gasteiger partial charge in [0, 0.05) is 19.1 Å². The summed E-state index contributed by atoms with van der Waals surface area (Å²) >= 11 is 0. The molecule has 0 bridgehead atoms. The van der Waals surface area contributed by atoms with E-state index in [1.807, 2.05) is 39.0 Å². The minimum absolute atomic E-state index is 0.265. The Balaban J connectivity index is 1.83. The first-order chi connectivity index (χ1) is 13.2. The molecule has 8 heteroatoms. The van der Waals surface area contributed by atoms with Crippen LogP contribution in [0.1, 0.15) is 39.2 Å². The molecule has 0 heterocycles. The second-order valence-electron chi connectivity index (χ2n) is 7.72. The molecule has 0 radical (unpaired) electrons. The fourth-order valence-electron chi connectivity index (χ4n) is 2.65. The van der Waals surface area contributed by atoms with E-state index in [1.54, 1.807) is 19.1 Å². The summed E-state index contributed by atoms with van der Waals surface area (Å²) in [6.07, 6.45) is 1.75. The zero-order chi connectivity index (χ0) is 20.7. The maximum atomic E-state index is 12.3. The Kier molecular flexibility index (Phi) is 7.37. The summed E-state index contributed by atoms with van der Waals surface area (Å²) in [4.78, 5) is 18.4. The van der Waals surface area contributed by atoms with Crippen LogP contribution in [0.4, 0.5) is 4.79 Å². The lowest BCUT2D eigenvalue weighted by molar-refractivity contribution is 0.0238. The van der Waals surface area contributed by atoms with Crippen LogP contribution in [-0.4, -0.2) is 55.9 Å². The Hall–Kier alpha value is -2.64. The van der Waals surface area contributed by atoms with Crippen molar-refractivity contribution in [3.8, 4) is 11.5 Å². The topological polar surface area (TPSA) is 98.4 Å². The Morgan fingerprint density at radius 1 is 1.25 bits per heavy atom. The number of rotatable bonds is 8. The van der Waals surface area contributed by atoms with Crippen LogP contribution in [0.2, 0.25) is 0 Å².